The van der Waals surface area contributed by atoms with E-state index in [0.717, 1.165) is 43.3 Å². The molecule has 1 aliphatic carbocycles. The lowest BCUT2D eigenvalue weighted by atomic mass is 10.1. The molecule has 1 saturated carbocycles. The Morgan fingerprint density at radius 3 is 2.62 bits per heavy atom. The number of carboxylic acid groups (broad SMARTS) is 1. The zero-order chi connectivity index (χ0) is 26.1. The van der Waals surface area contributed by atoms with E-state index in [9.17, 15) is 19.5 Å². The minimum Gasteiger partial charge on any atom is -0.478 e. The van der Waals surface area contributed by atoms with Crippen LogP contribution in [-0.4, -0.2) is 63.1 Å². The third kappa shape index (κ3) is 4.89. The number of hydrogen-bond donors (Lipinski definition) is 3. The number of hydrogen-bond acceptors (Lipinski definition) is 5. The molecule has 37 heavy (non-hydrogen) atoms. The summed E-state index contributed by atoms with van der Waals surface area (Å²) >= 11 is 0. The summed E-state index contributed by atoms with van der Waals surface area (Å²) in [6.45, 7) is 3.97. The maximum Gasteiger partial charge on any atom is 0.335 e. The van der Waals surface area contributed by atoms with Gasteiger partial charge >= 0.3 is 12.0 Å². The number of carbonyl (C=O) groups excluding carboxylic acids is 2. The summed E-state index contributed by atoms with van der Waals surface area (Å²) in [4.78, 5) is 46.3. The maximum atomic E-state index is 13.3. The Labute approximate surface area is 215 Å². The van der Waals surface area contributed by atoms with Crippen molar-refractivity contribution in [3.05, 3.63) is 53.6 Å². The Bertz CT molecular complexity index is 1350. The number of imidazole rings is 1. The van der Waals surface area contributed by atoms with Crippen LogP contribution in [0.25, 0.3) is 11.0 Å². The van der Waals surface area contributed by atoms with Crippen molar-refractivity contribution < 1.29 is 19.5 Å². The second-order valence-corrected chi connectivity index (χ2v) is 9.78. The summed E-state index contributed by atoms with van der Waals surface area (Å²) in [6.07, 6.45) is 4.72. The summed E-state index contributed by atoms with van der Waals surface area (Å²) in [6, 6.07) is 11.9. The van der Waals surface area contributed by atoms with E-state index in [0.29, 0.717) is 37.1 Å². The van der Waals surface area contributed by atoms with Crippen molar-refractivity contribution in [2.75, 3.05) is 29.9 Å². The van der Waals surface area contributed by atoms with Gasteiger partial charge in [0.2, 0.25) is 5.95 Å². The second kappa shape index (κ2) is 10.2. The Morgan fingerprint density at radius 2 is 1.89 bits per heavy atom. The molecule has 10 heteroatoms. The Kier molecular flexibility index (Phi) is 6.84. The number of benzene rings is 2. The lowest BCUT2D eigenvalue weighted by Gasteiger charge is -2.23. The highest BCUT2D eigenvalue weighted by Gasteiger charge is 2.40. The molecule has 2 fully saturated rings. The van der Waals surface area contributed by atoms with E-state index < -0.39 is 11.9 Å². The molecule has 4 N–H and O–H groups in total. The van der Waals surface area contributed by atoms with Crippen LogP contribution in [0.1, 0.15) is 65.8 Å². The SMILES string of the molecule is CC(CCCCN)n1c(NC(=O)c2cccc(C(=O)O)c2)nc2cccc(N3CCN(C4CC4)C3=O)c21. The molecule has 1 atom stereocenters. The van der Waals surface area contributed by atoms with Gasteiger partial charge in [0.15, 0.2) is 0 Å². The maximum absolute atomic E-state index is 13.3. The van der Waals surface area contributed by atoms with E-state index in [2.05, 4.69) is 12.2 Å². The predicted molar refractivity (Wildman–Crippen MR) is 141 cm³/mol. The molecular formula is C27H32N6O4. The fourth-order valence-electron chi connectivity index (χ4n) is 5.05. The molecule has 10 nitrogen and oxygen atoms in total. The number of nitrogens with two attached hydrogens (primary N) is 1. The van der Waals surface area contributed by atoms with Crippen LogP contribution in [0.3, 0.4) is 0 Å². The van der Waals surface area contributed by atoms with Gasteiger partial charge in [-0.1, -0.05) is 18.6 Å². The standard InChI is InChI=1S/C27H32N6O4/c1-17(6-2-3-13-28)33-23-21(9-5-10-22(23)32-15-14-31(27(32)37)20-11-12-20)29-26(33)30-24(34)18-7-4-8-19(16-18)25(35)36/h4-5,7-10,16-17,20H,2-3,6,11-15,28H2,1H3,(H,35,36)(H,29,30,34). The first-order valence-electron chi connectivity index (χ1n) is 12.8. The highest BCUT2D eigenvalue weighted by molar-refractivity contribution is 6.07. The topological polar surface area (TPSA) is 134 Å². The van der Waals surface area contributed by atoms with E-state index in [4.69, 9.17) is 10.7 Å². The molecule has 5 rings (SSSR count). The number of rotatable bonds is 10. The molecule has 2 aromatic carbocycles. The van der Waals surface area contributed by atoms with Gasteiger partial charge in [-0.3, -0.25) is 15.0 Å². The minimum absolute atomic E-state index is 0.00889. The van der Waals surface area contributed by atoms with Gasteiger partial charge in [0.05, 0.1) is 22.3 Å². The van der Waals surface area contributed by atoms with Crippen LogP contribution >= 0.6 is 0 Å². The van der Waals surface area contributed by atoms with Crippen molar-refractivity contribution in [1.29, 1.82) is 0 Å². The molecular weight excluding hydrogens is 472 g/mol. The first-order valence-corrected chi connectivity index (χ1v) is 12.8. The van der Waals surface area contributed by atoms with E-state index in [1.54, 1.807) is 12.1 Å². The summed E-state index contributed by atoms with van der Waals surface area (Å²) in [7, 11) is 0. The van der Waals surface area contributed by atoms with Gasteiger partial charge in [0.25, 0.3) is 5.91 Å². The normalized spacial score (nSPS) is 16.4. The van der Waals surface area contributed by atoms with Crippen molar-refractivity contribution in [3.63, 3.8) is 0 Å². The average molecular weight is 505 g/mol. The van der Waals surface area contributed by atoms with Crippen LogP contribution < -0.4 is 16.0 Å². The third-order valence-corrected chi connectivity index (χ3v) is 7.12. The Hall–Kier alpha value is -3.92. The van der Waals surface area contributed by atoms with Crippen LogP contribution in [0, 0.1) is 0 Å². The quantitative estimate of drug-likeness (QED) is 0.356. The van der Waals surface area contributed by atoms with Gasteiger partial charge in [-0.05, 0) is 69.5 Å². The molecule has 0 spiro atoms. The molecule has 1 aliphatic heterocycles. The number of aromatic carboxylic acids is 1. The summed E-state index contributed by atoms with van der Waals surface area (Å²) < 4.78 is 1.99. The lowest BCUT2D eigenvalue weighted by molar-refractivity contribution is 0.0697. The van der Waals surface area contributed by atoms with Gasteiger partial charge in [0, 0.05) is 30.7 Å². The molecule has 2 heterocycles. The molecule has 1 aromatic heterocycles. The van der Waals surface area contributed by atoms with Gasteiger partial charge in [-0.2, -0.15) is 0 Å². The summed E-state index contributed by atoms with van der Waals surface area (Å²) in [5, 5.41) is 12.2. The van der Waals surface area contributed by atoms with Crippen LogP contribution in [0.2, 0.25) is 0 Å². The number of anilines is 2. The number of amides is 3. The first-order chi connectivity index (χ1) is 17.9. The van der Waals surface area contributed by atoms with Gasteiger partial charge in [-0.25, -0.2) is 14.6 Å². The van der Waals surface area contributed by atoms with Gasteiger partial charge < -0.3 is 20.3 Å². The largest absolute Gasteiger partial charge is 0.478 e. The molecule has 0 bridgehead atoms. The minimum atomic E-state index is -1.10. The van der Waals surface area contributed by atoms with Gasteiger partial charge in [0.1, 0.15) is 0 Å². The third-order valence-electron chi connectivity index (χ3n) is 7.12. The fourth-order valence-corrected chi connectivity index (χ4v) is 5.05. The molecule has 194 valence electrons. The van der Waals surface area contributed by atoms with E-state index in [1.807, 2.05) is 32.6 Å². The number of carbonyl (C=O) groups is 3. The number of unbranched alkanes of at least 4 members (excludes halogenated alkanes) is 1. The summed E-state index contributed by atoms with van der Waals surface area (Å²) in [5.74, 6) is -1.19. The number of aromatic nitrogens is 2. The van der Waals surface area contributed by atoms with Crippen molar-refractivity contribution in [1.82, 2.24) is 14.5 Å². The fraction of sp³-hybridized carbons (Fsp3) is 0.407. The van der Waals surface area contributed by atoms with Crippen LogP contribution in [0.4, 0.5) is 16.4 Å². The molecule has 1 saturated heterocycles. The predicted octanol–water partition coefficient (Wildman–Crippen LogP) is 4.08. The number of para-hydroxylation sites is 1. The zero-order valence-electron chi connectivity index (χ0n) is 20.9. The number of nitrogens with one attached hydrogen (secondary N) is 1. The highest BCUT2D eigenvalue weighted by atomic mass is 16.4. The molecule has 1 unspecified atom stereocenters. The monoisotopic (exact) mass is 504 g/mol. The Morgan fingerprint density at radius 1 is 1.14 bits per heavy atom. The van der Waals surface area contributed by atoms with Crippen molar-refractivity contribution in [2.45, 2.75) is 51.1 Å². The van der Waals surface area contributed by atoms with Gasteiger partial charge in [-0.15, -0.1) is 0 Å². The number of fused-ring (bicyclic) bond motifs is 1. The number of nitrogens with zero attached hydrogens (tertiary/aromatic N) is 4. The van der Waals surface area contributed by atoms with Crippen molar-refractivity contribution in [3.8, 4) is 0 Å². The lowest BCUT2D eigenvalue weighted by Crippen LogP contribution is -2.33. The number of urea groups is 1. The first kappa shape index (κ1) is 24.8. The van der Waals surface area contributed by atoms with Crippen molar-refractivity contribution in [2.24, 2.45) is 5.73 Å². The second-order valence-electron chi connectivity index (χ2n) is 9.78. The smallest absolute Gasteiger partial charge is 0.335 e. The molecule has 3 amide bonds. The Balaban J connectivity index is 1.54. The van der Waals surface area contributed by atoms with Crippen molar-refractivity contribution >= 4 is 40.6 Å². The zero-order valence-corrected chi connectivity index (χ0v) is 20.9. The molecule has 2 aliphatic rings. The summed E-state index contributed by atoms with van der Waals surface area (Å²) in [5.41, 5.74) is 8.22. The molecule has 3 aromatic rings. The van der Waals surface area contributed by atoms with E-state index in [1.165, 1.54) is 12.1 Å². The molecule has 0 radical (unpaired) electrons. The van der Waals surface area contributed by atoms with Crippen LogP contribution in [0.15, 0.2) is 42.5 Å². The van der Waals surface area contributed by atoms with Crippen LogP contribution in [0.5, 0.6) is 0 Å². The number of carboxylic acids is 1. The van der Waals surface area contributed by atoms with Crippen LogP contribution in [-0.2, 0) is 0 Å². The van der Waals surface area contributed by atoms with E-state index >= 15 is 0 Å². The highest BCUT2D eigenvalue weighted by Crippen LogP contribution is 2.37. The van der Waals surface area contributed by atoms with E-state index in [-0.39, 0.29) is 23.2 Å². The average Bonchev–Trinajstić information content (AvgIpc) is 3.56.